The van der Waals surface area contributed by atoms with Crippen molar-refractivity contribution in [3.05, 3.63) is 60.4 Å². The number of nitrogens with zero attached hydrogens (tertiary/aromatic N) is 6. The number of rotatable bonds is 5. The van der Waals surface area contributed by atoms with Gasteiger partial charge in [-0.2, -0.15) is 10.1 Å². The van der Waals surface area contributed by atoms with E-state index in [9.17, 15) is 4.79 Å². The number of pyridine rings is 1. The standard InChI is InChI=1S/C18H17N7O2/c1-24-9-5-7-15(24)13-10-14(22-21-13)18(26)25(2)11-16-20-17(23-27-16)12-6-3-4-8-19-12/h3-10H,11H2,1-2H3,(H,21,22). The topological polar surface area (TPSA) is 106 Å². The van der Waals surface area contributed by atoms with E-state index in [1.807, 2.05) is 42.1 Å². The van der Waals surface area contributed by atoms with Crippen molar-refractivity contribution < 1.29 is 9.32 Å². The zero-order valence-corrected chi connectivity index (χ0v) is 14.8. The van der Waals surface area contributed by atoms with Gasteiger partial charge in [0, 0.05) is 26.5 Å². The molecule has 4 aromatic heterocycles. The van der Waals surface area contributed by atoms with Crippen LogP contribution in [0.1, 0.15) is 16.4 Å². The largest absolute Gasteiger partial charge is 0.349 e. The molecule has 0 aromatic carbocycles. The predicted molar refractivity (Wildman–Crippen MR) is 96.3 cm³/mol. The number of amides is 1. The molecule has 1 N–H and O–H groups in total. The zero-order chi connectivity index (χ0) is 18.8. The normalized spacial score (nSPS) is 10.9. The molecule has 9 nitrogen and oxygen atoms in total. The summed E-state index contributed by atoms with van der Waals surface area (Å²) in [6.45, 7) is 0.178. The molecule has 0 radical (unpaired) electrons. The van der Waals surface area contributed by atoms with Crippen LogP contribution in [0, 0.1) is 0 Å². The van der Waals surface area contributed by atoms with Crippen molar-refractivity contribution in [1.29, 1.82) is 0 Å². The molecule has 0 spiro atoms. The molecule has 0 bridgehead atoms. The Bertz CT molecular complexity index is 1060. The van der Waals surface area contributed by atoms with Crippen LogP contribution in [-0.4, -0.2) is 47.7 Å². The molecule has 0 saturated carbocycles. The quantitative estimate of drug-likeness (QED) is 0.582. The van der Waals surface area contributed by atoms with E-state index in [-0.39, 0.29) is 12.5 Å². The first kappa shape index (κ1) is 16.7. The maximum absolute atomic E-state index is 12.6. The Kier molecular flexibility index (Phi) is 4.25. The molecule has 0 atom stereocenters. The van der Waals surface area contributed by atoms with Gasteiger partial charge in [-0.15, -0.1) is 0 Å². The summed E-state index contributed by atoms with van der Waals surface area (Å²) in [7, 11) is 3.59. The molecule has 4 heterocycles. The zero-order valence-electron chi connectivity index (χ0n) is 14.8. The summed E-state index contributed by atoms with van der Waals surface area (Å²) in [6, 6.07) is 11.0. The lowest BCUT2D eigenvalue weighted by Gasteiger charge is -2.12. The molecule has 1 amide bonds. The van der Waals surface area contributed by atoms with Crippen LogP contribution in [0.25, 0.3) is 22.9 Å². The number of aromatic nitrogens is 6. The summed E-state index contributed by atoms with van der Waals surface area (Å²) in [4.78, 5) is 22.6. The Morgan fingerprint density at radius 2 is 2.15 bits per heavy atom. The molecule has 0 saturated heterocycles. The van der Waals surface area contributed by atoms with E-state index in [4.69, 9.17) is 4.52 Å². The van der Waals surface area contributed by atoms with Gasteiger partial charge in [0.2, 0.25) is 11.7 Å². The summed E-state index contributed by atoms with van der Waals surface area (Å²) in [5, 5.41) is 10.9. The van der Waals surface area contributed by atoms with E-state index in [2.05, 4.69) is 25.3 Å². The summed E-state index contributed by atoms with van der Waals surface area (Å²) >= 11 is 0. The summed E-state index contributed by atoms with van der Waals surface area (Å²) in [6.07, 6.45) is 3.58. The molecule has 9 heteroatoms. The van der Waals surface area contributed by atoms with Crippen molar-refractivity contribution >= 4 is 5.91 Å². The highest BCUT2D eigenvalue weighted by molar-refractivity contribution is 5.93. The van der Waals surface area contributed by atoms with Crippen molar-refractivity contribution in [2.75, 3.05) is 7.05 Å². The Hall–Kier alpha value is -3.75. The fourth-order valence-corrected chi connectivity index (χ4v) is 2.69. The number of aryl methyl sites for hydroxylation is 1. The molecule has 0 aliphatic heterocycles. The maximum Gasteiger partial charge on any atom is 0.272 e. The minimum Gasteiger partial charge on any atom is -0.349 e. The smallest absolute Gasteiger partial charge is 0.272 e. The van der Waals surface area contributed by atoms with Crippen LogP contribution < -0.4 is 0 Å². The van der Waals surface area contributed by atoms with Gasteiger partial charge < -0.3 is 14.0 Å². The van der Waals surface area contributed by atoms with Gasteiger partial charge >= 0.3 is 0 Å². The number of H-pyrrole nitrogens is 1. The first-order valence-electron chi connectivity index (χ1n) is 8.28. The number of carbonyl (C=O) groups excluding carboxylic acids is 1. The Labute approximate surface area is 154 Å². The molecule has 0 fully saturated rings. The Morgan fingerprint density at radius 1 is 1.26 bits per heavy atom. The van der Waals surface area contributed by atoms with Gasteiger partial charge in [0.1, 0.15) is 23.6 Å². The first-order valence-corrected chi connectivity index (χ1v) is 8.28. The third-order valence-electron chi connectivity index (χ3n) is 4.10. The highest BCUT2D eigenvalue weighted by atomic mass is 16.5. The van der Waals surface area contributed by atoms with Crippen LogP contribution >= 0.6 is 0 Å². The third-order valence-corrected chi connectivity index (χ3v) is 4.10. The minimum atomic E-state index is -0.222. The highest BCUT2D eigenvalue weighted by Gasteiger charge is 2.19. The van der Waals surface area contributed by atoms with Crippen molar-refractivity contribution in [3.63, 3.8) is 0 Å². The molecule has 0 aliphatic rings. The van der Waals surface area contributed by atoms with Crippen molar-refractivity contribution in [2.45, 2.75) is 6.54 Å². The van der Waals surface area contributed by atoms with E-state index in [1.54, 1.807) is 25.4 Å². The van der Waals surface area contributed by atoms with Crippen LogP contribution in [0.3, 0.4) is 0 Å². The second kappa shape index (κ2) is 6.87. The van der Waals surface area contributed by atoms with Crippen molar-refractivity contribution in [3.8, 4) is 22.9 Å². The number of aromatic amines is 1. The molecule has 4 aromatic rings. The monoisotopic (exact) mass is 363 g/mol. The summed E-state index contributed by atoms with van der Waals surface area (Å²) < 4.78 is 7.17. The average molecular weight is 363 g/mol. The van der Waals surface area contributed by atoms with Gasteiger partial charge in [0.05, 0.1) is 5.69 Å². The molecule has 136 valence electrons. The average Bonchev–Trinajstić information content (AvgIpc) is 3.42. The summed E-state index contributed by atoms with van der Waals surface area (Å²) in [5.74, 6) is 0.494. The number of carbonyl (C=O) groups is 1. The second-order valence-corrected chi connectivity index (χ2v) is 6.06. The van der Waals surface area contributed by atoms with Gasteiger partial charge in [-0.25, -0.2) is 0 Å². The van der Waals surface area contributed by atoms with Crippen LogP contribution in [0.4, 0.5) is 0 Å². The van der Waals surface area contributed by atoms with E-state index in [1.165, 1.54) is 4.90 Å². The van der Waals surface area contributed by atoms with E-state index in [0.29, 0.717) is 28.8 Å². The number of hydrogen-bond donors (Lipinski definition) is 1. The van der Waals surface area contributed by atoms with E-state index < -0.39 is 0 Å². The van der Waals surface area contributed by atoms with Gasteiger partial charge in [-0.3, -0.25) is 14.9 Å². The third kappa shape index (κ3) is 3.34. The van der Waals surface area contributed by atoms with Crippen LogP contribution in [-0.2, 0) is 13.6 Å². The molecule has 4 rings (SSSR count). The van der Waals surface area contributed by atoms with Gasteiger partial charge in [-0.1, -0.05) is 11.2 Å². The Morgan fingerprint density at radius 3 is 2.89 bits per heavy atom. The minimum absolute atomic E-state index is 0.178. The maximum atomic E-state index is 12.6. The predicted octanol–water partition coefficient (Wildman–Crippen LogP) is 2.13. The first-order chi connectivity index (χ1) is 13.1. The molecule has 27 heavy (non-hydrogen) atoms. The second-order valence-electron chi connectivity index (χ2n) is 6.06. The molecule has 0 unspecified atom stereocenters. The molecular weight excluding hydrogens is 346 g/mol. The van der Waals surface area contributed by atoms with Gasteiger partial charge in [-0.05, 0) is 30.3 Å². The molecular formula is C18H17N7O2. The van der Waals surface area contributed by atoms with E-state index >= 15 is 0 Å². The van der Waals surface area contributed by atoms with E-state index in [0.717, 1.165) is 5.69 Å². The van der Waals surface area contributed by atoms with Crippen LogP contribution in [0.5, 0.6) is 0 Å². The summed E-state index contributed by atoms with van der Waals surface area (Å²) in [5.41, 5.74) is 2.62. The van der Waals surface area contributed by atoms with Gasteiger partial charge in [0.15, 0.2) is 0 Å². The fourth-order valence-electron chi connectivity index (χ4n) is 2.69. The van der Waals surface area contributed by atoms with Crippen LogP contribution in [0.15, 0.2) is 53.3 Å². The van der Waals surface area contributed by atoms with Crippen molar-refractivity contribution in [2.24, 2.45) is 7.05 Å². The lowest BCUT2D eigenvalue weighted by atomic mass is 10.2. The SMILES string of the molecule is CN(Cc1nc(-c2ccccn2)no1)C(=O)c1cc(-c2cccn2C)n[nH]1. The Balaban J connectivity index is 1.47. The lowest BCUT2D eigenvalue weighted by Crippen LogP contribution is -2.26. The number of nitrogens with one attached hydrogen (secondary N) is 1. The van der Waals surface area contributed by atoms with Gasteiger partial charge in [0.25, 0.3) is 5.91 Å². The highest BCUT2D eigenvalue weighted by Crippen LogP contribution is 2.18. The van der Waals surface area contributed by atoms with Crippen molar-refractivity contribution in [1.82, 2.24) is 34.8 Å². The fraction of sp³-hybridized carbons (Fsp3) is 0.167. The lowest BCUT2D eigenvalue weighted by molar-refractivity contribution is 0.0763. The number of hydrogen-bond acceptors (Lipinski definition) is 6. The molecule has 0 aliphatic carbocycles. The van der Waals surface area contributed by atoms with Crippen LogP contribution in [0.2, 0.25) is 0 Å².